The smallest absolute Gasteiger partial charge is 0.164 e. The van der Waals surface area contributed by atoms with Crippen LogP contribution in [0.3, 0.4) is 0 Å². The number of nitrogens with two attached hydrogens (primary N) is 1. The number of ether oxygens (including phenoxy) is 3. The van der Waals surface area contributed by atoms with Crippen molar-refractivity contribution < 1.29 is 14.2 Å². The predicted octanol–water partition coefficient (Wildman–Crippen LogP) is 4.81. The number of rotatable bonds is 7. The number of thiophene rings is 1. The molecule has 0 saturated heterocycles. The molecule has 0 aliphatic heterocycles. The van der Waals surface area contributed by atoms with E-state index >= 15 is 0 Å². The lowest BCUT2D eigenvalue weighted by Gasteiger charge is -2.19. The largest absolute Gasteiger partial charge is 0.493 e. The van der Waals surface area contributed by atoms with Crippen LogP contribution >= 0.6 is 23.7 Å². The van der Waals surface area contributed by atoms with Crippen LogP contribution in [0.15, 0.2) is 59.3 Å². The quantitative estimate of drug-likeness (QED) is 0.627. The summed E-state index contributed by atoms with van der Waals surface area (Å²) in [6.07, 6.45) is 0. The second-order valence-electron chi connectivity index (χ2n) is 5.55. The Morgan fingerprint density at radius 2 is 1.65 bits per heavy atom. The van der Waals surface area contributed by atoms with Gasteiger partial charge in [0.1, 0.15) is 12.4 Å². The molecule has 0 unspecified atom stereocenters. The Morgan fingerprint density at radius 1 is 0.962 bits per heavy atom. The molecule has 2 aromatic carbocycles. The number of hydrogen-bond donors (Lipinski definition) is 1. The molecule has 1 atom stereocenters. The first-order valence-corrected chi connectivity index (χ1v) is 8.87. The lowest BCUT2D eigenvalue weighted by Crippen LogP contribution is -2.13. The molecule has 0 fully saturated rings. The summed E-state index contributed by atoms with van der Waals surface area (Å²) in [6.45, 7) is 0.458. The number of halogens is 1. The molecule has 0 amide bonds. The van der Waals surface area contributed by atoms with E-state index in [2.05, 4.69) is 0 Å². The molecule has 1 heterocycles. The highest BCUT2D eigenvalue weighted by Crippen LogP contribution is 2.39. The van der Waals surface area contributed by atoms with Crippen LogP contribution in [0.1, 0.15) is 22.7 Å². The Morgan fingerprint density at radius 3 is 2.27 bits per heavy atom. The minimum Gasteiger partial charge on any atom is -0.493 e. The van der Waals surface area contributed by atoms with Crippen molar-refractivity contribution in [2.45, 2.75) is 12.6 Å². The Kier molecular flexibility index (Phi) is 7.33. The molecule has 0 saturated carbocycles. The van der Waals surface area contributed by atoms with Crippen LogP contribution in [-0.2, 0) is 6.61 Å². The maximum absolute atomic E-state index is 6.48. The van der Waals surface area contributed by atoms with Gasteiger partial charge in [0.2, 0.25) is 0 Å². The highest BCUT2D eigenvalue weighted by Gasteiger charge is 2.19. The molecular formula is C20H22ClNO3S. The van der Waals surface area contributed by atoms with Crippen LogP contribution in [0.2, 0.25) is 0 Å². The van der Waals surface area contributed by atoms with Gasteiger partial charge >= 0.3 is 0 Å². The lowest BCUT2D eigenvalue weighted by atomic mass is 10.0. The van der Waals surface area contributed by atoms with Gasteiger partial charge in [0.15, 0.2) is 11.5 Å². The summed E-state index contributed by atoms with van der Waals surface area (Å²) in [5, 5.41) is 4.06. The first kappa shape index (κ1) is 20.1. The molecule has 3 aromatic rings. The van der Waals surface area contributed by atoms with Gasteiger partial charge in [-0.25, -0.2) is 0 Å². The van der Waals surface area contributed by atoms with Crippen molar-refractivity contribution in [2.24, 2.45) is 5.73 Å². The standard InChI is InChI=1S/C20H21NO3S.ClH/c1-22-18-10-16(20(21)15-8-9-25-13-15)17(11-19(18)23-2)24-12-14-6-4-3-5-7-14;/h3-11,13,20H,12,21H2,1-2H3;1H/t20-;/m0./s1. The van der Waals surface area contributed by atoms with Crippen molar-refractivity contribution in [1.29, 1.82) is 0 Å². The average Bonchev–Trinajstić information content (AvgIpc) is 3.20. The van der Waals surface area contributed by atoms with Gasteiger partial charge in [-0.1, -0.05) is 30.3 Å². The van der Waals surface area contributed by atoms with Gasteiger partial charge in [-0.15, -0.1) is 12.4 Å². The Labute approximate surface area is 163 Å². The summed E-state index contributed by atoms with van der Waals surface area (Å²) in [7, 11) is 3.22. The van der Waals surface area contributed by atoms with Gasteiger partial charge < -0.3 is 19.9 Å². The Bertz CT molecular complexity index is 809. The highest BCUT2D eigenvalue weighted by molar-refractivity contribution is 7.08. The van der Waals surface area contributed by atoms with Crippen molar-refractivity contribution in [3.8, 4) is 17.2 Å². The van der Waals surface area contributed by atoms with E-state index in [1.165, 1.54) is 0 Å². The van der Waals surface area contributed by atoms with Crippen molar-refractivity contribution in [3.63, 3.8) is 0 Å². The molecule has 0 bridgehead atoms. The molecule has 4 nitrogen and oxygen atoms in total. The zero-order valence-electron chi connectivity index (χ0n) is 14.7. The van der Waals surface area contributed by atoms with Gasteiger partial charge in [0.25, 0.3) is 0 Å². The van der Waals surface area contributed by atoms with E-state index < -0.39 is 0 Å². The number of methoxy groups -OCH3 is 2. The normalized spacial score (nSPS) is 11.3. The van der Waals surface area contributed by atoms with Gasteiger partial charge in [0.05, 0.1) is 20.3 Å². The third kappa shape index (κ3) is 4.49. The summed E-state index contributed by atoms with van der Waals surface area (Å²) in [5.74, 6) is 1.95. The van der Waals surface area contributed by atoms with Crippen molar-refractivity contribution in [2.75, 3.05) is 14.2 Å². The van der Waals surface area contributed by atoms with Crippen LogP contribution in [0.5, 0.6) is 17.2 Å². The zero-order chi connectivity index (χ0) is 17.6. The summed E-state index contributed by atoms with van der Waals surface area (Å²) >= 11 is 1.62. The van der Waals surface area contributed by atoms with Crippen molar-refractivity contribution >= 4 is 23.7 Å². The van der Waals surface area contributed by atoms with Gasteiger partial charge in [-0.3, -0.25) is 0 Å². The Hall–Kier alpha value is -2.21. The van der Waals surface area contributed by atoms with Gasteiger partial charge in [-0.05, 0) is 34.0 Å². The molecule has 6 heteroatoms. The molecule has 2 N–H and O–H groups in total. The van der Waals surface area contributed by atoms with Crippen LogP contribution in [0, 0.1) is 0 Å². The number of benzene rings is 2. The van der Waals surface area contributed by atoms with E-state index in [-0.39, 0.29) is 18.4 Å². The SMILES string of the molecule is COc1cc(OCc2ccccc2)c([C@@H](N)c2ccsc2)cc1OC.Cl. The van der Waals surface area contributed by atoms with Crippen LogP contribution in [-0.4, -0.2) is 14.2 Å². The second kappa shape index (κ2) is 9.48. The van der Waals surface area contributed by atoms with Gasteiger partial charge in [0, 0.05) is 11.6 Å². The fourth-order valence-electron chi connectivity index (χ4n) is 2.61. The topological polar surface area (TPSA) is 53.7 Å². The molecule has 3 rings (SSSR count). The minimum atomic E-state index is -0.295. The van der Waals surface area contributed by atoms with Gasteiger partial charge in [-0.2, -0.15) is 11.3 Å². The Balaban J connectivity index is 0.00000243. The predicted molar refractivity (Wildman–Crippen MR) is 108 cm³/mol. The summed E-state index contributed by atoms with van der Waals surface area (Å²) < 4.78 is 16.9. The summed E-state index contributed by atoms with van der Waals surface area (Å²) in [6, 6.07) is 15.5. The molecule has 0 spiro atoms. The third-order valence-corrected chi connectivity index (χ3v) is 4.69. The molecular weight excluding hydrogens is 370 g/mol. The van der Waals surface area contributed by atoms with E-state index in [1.54, 1.807) is 25.6 Å². The summed E-state index contributed by atoms with van der Waals surface area (Å²) in [5.41, 5.74) is 9.48. The molecule has 0 aliphatic carbocycles. The van der Waals surface area contributed by atoms with E-state index in [0.717, 1.165) is 16.7 Å². The first-order valence-electron chi connectivity index (χ1n) is 7.93. The monoisotopic (exact) mass is 391 g/mol. The fraction of sp³-hybridized carbons (Fsp3) is 0.200. The van der Waals surface area contributed by atoms with Crippen molar-refractivity contribution in [3.05, 3.63) is 76.0 Å². The zero-order valence-corrected chi connectivity index (χ0v) is 16.3. The molecule has 0 aliphatic rings. The van der Waals surface area contributed by atoms with E-state index in [0.29, 0.717) is 23.9 Å². The van der Waals surface area contributed by atoms with Crippen LogP contribution < -0.4 is 19.9 Å². The second-order valence-corrected chi connectivity index (χ2v) is 6.33. The number of hydrogen-bond acceptors (Lipinski definition) is 5. The summed E-state index contributed by atoms with van der Waals surface area (Å²) in [4.78, 5) is 0. The third-order valence-electron chi connectivity index (χ3n) is 3.99. The minimum absolute atomic E-state index is 0. The van der Waals surface area contributed by atoms with Crippen molar-refractivity contribution in [1.82, 2.24) is 0 Å². The first-order chi connectivity index (χ1) is 12.2. The average molecular weight is 392 g/mol. The van der Waals surface area contributed by atoms with Crippen LogP contribution in [0.4, 0.5) is 0 Å². The van der Waals surface area contributed by atoms with E-state index in [9.17, 15) is 0 Å². The molecule has 0 radical (unpaired) electrons. The van der Waals surface area contributed by atoms with Crippen LogP contribution in [0.25, 0.3) is 0 Å². The maximum Gasteiger partial charge on any atom is 0.164 e. The maximum atomic E-state index is 6.48. The van der Waals surface area contributed by atoms with E-state index in [1.807, 2.05) is 59.3 Å². The molecule has 26 heavy (non-hydrogen) atoms. The fourth-order valence-corrected chi connectivity index (χ4v) is 3.31. The lowest BCUT2D eigenvalue weighted by molar-refractivity contribution is 0.296. The highest BCUT2D eigenvalue weighted by atomic mass is 35.5. The molecule has 1 aromatic heterocycles. The molecule has 138 valence electrons. The van der Waals surface area contributed by atoms with E-state index in [4.69, 9.17) is 19.9 Å².